The predicted octanol–water partition coefficient (Wildman–Crippen LogP) is 3.97. The molecule has 0 atom stereocenters. The average molecular weight is 383 g/mol. The van der Waals surface area contributed by atoms with Gasteiger partial charge in [-0.3, -0.25) is 14.9 Å². The van der Waals surface area contributed by atoms with Gasteiger partial charge in [0.05, 0.1) is 11.2 Å². The van der Waals surface area contributed by atoms with Crippen LogP contribution in [0.3, 0.4) is 0 Å². The first-order valence-electron chi connectivity index (χ1n) is 8.84. The first kappa shape index (κ1) is 19.6. The number of nitrogens with one attached hydrogen (secondary N) is 1. The highest BCUT2D eigenvalue weighted by Gasteiger charge is 2.09. The zero-order valence-corrected chi connectivity index (χ0v) is 15.4. The summed E-state index contributed by atoms with van der Waals surface area (Å²) in [5.41, 5.74) is 4.52. The second kappa shape index (κ2) is 9.69. The van der Waals surface area contributed by atoms with E-state index in [-0.39, 0.29) is 11.9 Å². The van der Waals surface area contributed by atoms with Crippen molar-refractivity contribution in [2.24, 2.45) is 0 Å². The molecule has 0 saturated heterocycles. The van der Waals surface area contributed by atoms with Crippen LogP contribution >= 0.6 is 0 Å². The fraction of sp³-hybridized carbons (Fsp3) is 0.0435. The minimum atomic E-state index is 0.112. The summed E-state index contributed by atoms with van der Waals surface area (Å²) in [6.45, 7) is 0. The molecule has 4 rings (SSSR count). The van der Waals surface area contributed by atoms with E-state index < -0.39 is 0 Å². The molecule has 0 aliphatic carbocycles. The van der Waals surface area contributed by atoms with Crippen LogP contribution in [0.4, 0.5) is 0 Å². The lowest BCUT2D eigenvalue weighted by molar-refractivity contribution is -0.191. The van der Waals surface area contributed by atoms with Gasteiger partial charge in [0.25, 0.3) is 0 Å². The van der Waals surface area contributed by atoms with Crippen molar-refractivity contribution in [3.05, 3.63) is 95.4 Å². The highest BCUT2D eigenvalue weighted by atomic mass is 16.2. The van der Waals surface area contributed by atoms with Gasteiger partial charge in [-0.05, 0) is 35.4 Å². The number of carbonyl (C=O) groups excluding carboxylic acids is 3. The number of H-pyrrole nitrogens is 1. The van der Waals surface area contributed by atoms with Gasteiger partial charge in [0.2, 0.25) is 0 Å². The lowest BCUT2D eigenvalue weighted by Gasteiger charge is -2.02. The number of aromatic amines is 1. The summed E-state index contributed by atoms with van der Waals surface area (Å²) in [6, 6.07) is 19.2. The lowest BCUT2D eigenvalue weighted by Crippen LogP contribution is -2.03. The summed E-state index contributed by atoms with van der Waals surface area (Å²) >= 11 is 0. The van der Waals surface area contributed by atoms with Gasteiger partial charge < -0.3 is 0 Å². The smallest absolute Gasteiger partial charge is 0.294 e. The fourth-order valence-electron chi connectivity index (χ4n) is 2.88. The molecule has 1 N–H and O–H groups in total. The van der Waals surface area contributed by atoms with Crippen LogP contribution < -0.4 is 0 Å². The molecule has 0 amide bonds. The van der Waals surface area contributed by atoms with Gasteiger partial charge in [0.15, 0.2) is 5.78 Å². The molecule has 0 fully saturated rings. The summed E-state index contributed by atoms with van der Waals surface area (Å²) in [5.74, 6) is 0.112. The van der Waals surface area contributed by atoms with Crippen LogP contribution in [0.1, 0.15) is 27.2 Å². The SMILES string of the molecule is O=C(Cc1ccc2n[nH]c(/C=C/c3cccnc3)c2c1)c1ccccc1.O=C=O. The molecule has 0 spiro atoms. The highest BCUT2D eigenvalue weighted by molar-refractivity contribution is 5.98. The molecule has 0 unspecified atom stereocenters. The van der Waals surface area contributed by atoms with Gasteiger partial charge >= 0.3 is 6.15 Å². The van der Waals surface area contributed by atoms with Crippen molar-refractivity contribution in [3.63, 3.8) is 0 Å². The third kappa shape index (κ3) is 5.19. The predicted molar refractivity (Wildman–Crippen MR) is 109 cm³/mol. The van der Waals surface area contributed by atoms with Crippen LogP contribution in [0.15, 0.2) is 73.1 Å². The maximum absolute atomic E-state index is 12.4. The molecule has 0 aliphatic rings. The zero-order chi connectivity index (χ0) is 20.5. The van der Waals surface area contributed by atoms with Crippen molar-refractivity contribution in [2.75, 3.05) is 0 Å². The Morgan fingerprint density at radius 3 is 2.52 bits per heavy atom. The number of carbonyl (C=O) groups is 1. The van der Waals surface area contributed by atoms with Crippen LogP contribution in [0.25, 0.3) is 23.1 Å². The van der Waals surface area contributed by atoms with Gasteiger partial charge in [-0.15, -0.1) is 0 Å². The fourth-order valence-corrected chi connectivity index (χ4v) is 2.88. The summed E-state index contributed by atoms with van der Waals surface area (Å²) in [6.07, 6.45) is 8.14. The Balaban J connectivity index is 0.000000755. The Morgan fingerprint density at radius 1 is 1.00 bits per heavy atom. The number of pyridine rings is 1. The Morgan fingerprint density at radius 2 is 1.79 bits per heavy atom. The van der Waals surface area contributed by atoms with Crippen LogP contribution in [0.2, 0.25) is 0 Å². The quantitative estimate of drug-likeness (QED) is 0.526. The Kier molecular flexibility index (Phi) is 6.55. The third-order valence-corrected chi connectivity index (χ3v) is 4.24. The first-order valence-corrected chi connectivity index (χ1v) is 8.84. The monoisotopic (exact) mass is 383 g/mol. The van der Waals surface area contributed by atoms with Crippen molar-refractivity contribution < 1.29 is 14.4 Å². The van der Waals surface area contributed by atoms with E-state index in [1.165, 1.54) is 0 Å². The van der Waals surface area contributed by atoms with Crippen molar-refractivity contribution in [1.82, 2.24) is 15.2 Å². The van der Waals surface area contributed by atoms with Crippen molar-refractivity contribution in [2.45, 2.75) is 6.42 Å². The Hall–Kier alpha value is -4.15. The lowest BCUT2D eigenvalue weighted by atomic mass is 10.0. The summed E-state index contributed by atoms with van der Waals surface area (Å²) in [5, 5.41) is 8.39. The normalized spacial score (nSPS) is 10.3. The molecule has 6 heteroatoms. The van der Waals surface area contributed by atoms with E-state index in [0.29, 0.717) is 6.42 Å². The average Bonchev–Trinajstić information content (AvgIpc) is 3.16. The van der Waals surface area contributed by atoms with E-state index in [0.717, 1.165) is 33.3 Å². The standard InChI is InChI=1S/C22H17N3O.CO2/c26-22(18-6-2-1-3-7-18)14-17-9-11-21-19(13-17)20(24-25-21)10-8-16-5-4-12-23-15-16;2-1-3/h1-13,15H,14H2,(H,24,25);/b10-8+;. The van der Waals surface area contributed by atoms with E-state index in [1.807, 2.05) is 72.8 Å². The molecule has 2 heterocycles. The van der Waals surface area contributed by atoms with E-state index in [2.05, 4.69) is 15.2 Å². The molecule has 0 aliphatic heterocycles. The third-order valence-electron chi connectivity index (χ3n) is 4.24. The number of fused-ring (bicyclic) bond motifs is 1. The number of benzene rings is 2. The maximum Gasteiger partial charge on any atom is 0.373 e. The zero-order valence-electron chi connectivity index (χ0n) is 15.4. The van der Waals surface area contributed by atoms with Gasteiger partial charge in [-0.25, -0.2) is 0 Å². The van der Waals surface area contributed by atoms with Crippen LogP contribution in [-0.4, -0.2) is 27.1 Å². The van der Waals surface area contributed by atoms with Gasteiger partial charge in [0, 0.05) is 29.8 Å². The van der Waals surface area contributed by atoms with E-state index in [4.69, 9.17) is 9.59 Å². The topological polar surface area (TPSA) is 92.8 Å². The molecule has 0 bridgehead atoms. The first-order chi connectivity index (χ1) is 14.2. The molecule has 0 radical (unpaired) electrons. The summed E-state index contributed by atoms with van der Waals surface area (Å²) in [4.78, 5) is 32.8. The molecule has 0 saturated carbocycles. The maximum atomic E-state index is 12.4. The molecule has 29 heavy (non-hydrogen) atoms. The molecule has 2 aromatic heterocycles. The van der Waals surface area contributed by atoms with Crippen molar-refractivity contribution >= 4 is 35.0 Å². The Labute approximate surface area is 166 Å². The second-order valence-corrected chi connectivity index (χ2v) is 6.16. The van der Waals surface area contributed by atoms with Gasteiger partial charge in [0.1, 0.15) is 0 Å². The van der Waals surface area contributed by atoms with Gasteiger partial charge in [-0.1, -0.05) is 48.5 Å². The van der Waals surface area contributed by atoms with E-state index >= 15 is 0 Å². The van der Waals surface area contributed by atoms with Crippen LogP contribution in [0, 0.1) is 0 Å². The molecule has 4 aromatic rings. The molecular formula is C23H17N3O3. The number of aromatic nitrogens is 3. The number of ketones is 1. The van der Waals surface area contributed by atoms with Gasteiger partial charge in [-0.2, -0.15) is 14.7 Å². The molecule has 6 nitrogen and oxygen atoms in total. The molecule has 2 aromatic carbocycles. The molecule has 142 valence electrons. The van der Waals surface area contributed by atoms with Crippen molar-refractivity contribution in [3.8, 4) is 0 Å². The van der Waals surface area contributed by atoms with E-state index in [1.54, 1.807) is 12.4 Å². The van der Waals surface area contributed by atoms with Crippen molar-refractivity contribution in [1.29, 1.82) is 0 Å². The number of hydrogen-bond acceptors (Lipinski definition) is 5. The number of Topliss-reactive ketones (excluding diaryl/α,β-unsaturated/α-hetero) is 1. The number of nitrogens with zero attached hydrogens (tertiary/aromatic N) is 2. The summed E-state index contributed by atoms with van der Waals surface area (Å²) in [7, 11) is 0. The highest BCUT2D eigenvalue weighted by Crippen LogP contribution is 2.21. The second-order valence-electron chi connectivity index (χ2n) is 6.16. The number of hydrogen-bond donors (Lipinski definition) is 1. The van der Waals surface area contributed by atoms with E-state index in [9.17, 15) is 4.79 Å². The largest absolute Gasteiger partial charge is 0.373 e. The minimum absolute atomic E-state index is 0.112. The summed E-state index contributed by atoms with van der Waals surface area (Å²) < 4.78 is 0. The minimum Gasteiger partial charge on any atom is -0.294 e. The number of rotatable bonds is 5. The van der Waals surface area contributed by atoms with Crippen LogP contribution in [0.5, 0.6) is 0 Å². The Bertz CT molecular complexity index is 1160. The molecular weight excluding hydrogens is 366 g/mol. The van der Waals surface area contributed by atoms with Crippen LogP contribution in [-0.2, 0) is 16.0 Å².